The Morgan fingerprint density at radius 3 is 2.85 bits per heavy atom. The van der Waals surface area contributed by atoms with Gasteiger partial charge in [0.1, 0.15) is 0 Å². The van der Waals surface area contributed by atoms with Crippen molar-refractivity contribution in [2.24, 2.45) is 11.7 Å². The van der Waals surface area contributed by atoms with Crippen LogP contribution in [0.3, 0.4) is 0 Å². The second-order valence-electron chi connectivity index (χ2n) is 6.97. The predicted molar refractivity (Wildman–Crippen MR) is 95.9 cm³/mol. The molecule has 2 aromatic rings. The number of primary amides is 1. The molecule has 142 valence electrons. The van der Waals surface area contributed by atoms with Gasteiger partial charge in [-0.1, -0.05) is 35.5 Å². The van der Waals surface area contributed by atoms with Crippen LogP contribution in [0.1, 0.15) is 34.2 Å². The molecule has 0 bridgehead atoms. The molecule has 3 amide bonds. The van der Waals surface area contributed by atoms with Crippen LogP contribution in [-0.2, 0) is 11.3 Å². The number of nitrogens with one attached hydrogen (secondary N) is 1. The highest BCUT2D eigenvalue weighted by atomic mass is 16.5. The number of benzene rings is 1. The molecule has 8 nitrogen and oxygen atoms in total. The maximum absolute atomic E-state index is 12.8. The van der Waals surface area contributed by atoms with Gasteiger partial charge in [0, 0.05) is 37.1 Å². The van der Waals surface area contributed by atoms with Crippen LogP contribution in [-0.4, -0.2) is 47.8 Å². The molecule has 27 heavy (non-hydrogen) atoms. The number of hydrogen-bond acceptors (Lipinski definition) is 5. The van der Waals surface area contributed by atoms with Gasteiger partial charge in [-0.15, -0.1) is 0 Å². The molecule has 4 rings (SSSR count). The zero-order valence-corrected chi connectivity index (χ0v) is 14.8. The highest BCUT2D eigenvalue weighted by molar-refractivity contribution is 5.90. The lowest BCUT2D eigenvalue weighted by atomic mass is 9.84. The molecule has 2 fully saturated rings. The number of fused-ring (bicyclic) bond motifs is 1. The van der Waals surface area contributed by atoms with E-state index in [1.54, 1.807) is 0 Å². The Kier molecular flexibility index (Phi) is 4.81. The smallest absolute Gasteiger partial charge is 0.318 e. The van der Waals surface area contributed by atoms with Crippen molar-refractivity contribution in [3.05, 3.63) is 53.4 Å². The Balaban J connectivity index is 1.45. The van der Waals surface area contributed by atoms with E-state index in [-0.39, 0.29) is 30.2 Å². The molecule has 3 N–H and O–H groups in total. The summed E-state index contributed by atoms with van der Waals surface area (Å²) in [4.78, 5) is 25.8. The molecule has 3 unspecified atom stereocenters. The third-order valence-electron chi connectivity index (χ3n) is 5.39. The Morgan fingerprint density at radius 1 is 1.30 bits per heavy atom. The molecular formula is C19H22N4O4. The van der Waals surface area contributed by atoms with E-state index in [2.05, 4.69) is 22.6 Å². The molecule has 2 saturated heterocycles. The number of carbonyl (C=O) groups excluding carboxylic acids is 2. The Bertz CT molecular complexity index is 822. The lowest BCUT2D eigenvalue weighted by Crippen LogP contribution is -2.46. The van der Waals surface area contributed by atoms with Crippen molar-refractivity contribution in [2.75, 3.05) is 19.8 Å². The van der Waals surface area contributed by atoms with Gasteiger partial charge in [-0.2, -0.15) is 0 Å². The van der Waals surface area contributed by atoms with E-state index in [9.17, 15) is 9.59 Å². The molecule has 0 aliphatic carbocycles. The van der Waals surface area contributed by atoms with Gasteiger partial charge in [-0.3, -0.25) is 4.79 Å². The van der Waals surface area contributed by atoms with E-state index in [0.717, 1.165) is 6.42 Å². The summed E-state index contributed by atoms with van der Waals surface area (Å²) in [7, 11) is 0. The van der Waals surface area contributed by atoms with Crippen LogP contribution < -0.4 is 11.1 Å². The van der Waals surface area contributed by atoms with Crippen molar-refractivity contribution in [1.29, 1.82) is 0 Å². The number of urea groups is 1. The van der Waals surface area contributed by atoms with Crippen molar-refractivity contribution >= 4 is 11.9 Å². The molecule has 3 atom stereocenters. The fourth-order valence-electron chi connectivity index (χ4n) is 4.07. The second kappa shape index (κ2) is 7.40. The number of hydrogen-bond donors (Lipinski definition) is 2. The first kappa shape index (κ1) is 17.5. The first-order valence-electron chi connectivity index (χ1n) is 9.06. The Hall–Kier alpha value is -2.87. The number of nitrogens with zero attached hydrogens (tertiary/aromatic N) is 2. The fourth-order valence-corrected chi connectivity index (χ4v) is 4.07. The summed E-state index contributed by atoms with van der Waals surface area (Å²) < 4.78 is 10.7. The van der Waals surface area contributed by atoms with Crippen LogP contribution in [0.15, 0.2) is 40.9 Å². The maximum atomic E-state index is 12.8. The van der Waals surface area contributed by atoms with Crippen molar-refractivity contribution < 1.29 is 18.8 Å². The number of nitrogens with two attached hydrogens (primary N) is 1. The molecule has 8 heteroatoms. The molecule has 2 aliphatic heterocycles. The predicted octanol–water partition coefficient (Wildman–Crippen LogP) is 1.49. The van der Waals surface area contributed by atoms with Crippen molar-refractivity contribution in [2.45, 2.75) is 24.9 Å². The second-order valence-corrected chi connectivity index (χ2v) is 6.97. The number of ether oxygens (including phenoxy) is 1. The number of amides is 3. The van der Waals surface area contributed by atoms with Gasteiger partial charge in [0.05, 0.1) is 13.2 Å². The lowest BCUT2D eigenvalue weighted by molar-refractivity contribution is 0.0261. The zero-order chi connectivity index (χ0) is 18.8. The molecule has 2 aliphatic rings. The van der Waals surface area contributed by atoms with Crippen LogP contribution >= 0.6 is 0 Å². The summed E-state index contributed by atoms with van der Waals surface area (Å²) in [5, 5.41) is 6.44. The van der Waals surface area contributed by atoms with Gasteiger partial charge in [0.2, 0.25) is 0 Å². The van der Waals surface area contributed by atoms with E-state index in [1.165, 1.54) is 11.6 Å². The van der Waals surface area contributed by atoms with E-state index in [1.807, 2.05) is 23.1 Å². The quantitative estimate of drug-likeness (QED) is 0.847. The highest BCUT2D eigenvalue weighted by Gasteiger charge is 2.45. The summed E-state index contributed by atoms with van der Waals surface area (Å²) in [5.41, 5.74) is 6.44. The van der Waals surface area contributed by atoms with Crippen LogP contribution in [0, 0.1) is 5.92 Å². The first-order chi connectivity index (χ1) is 13.1. The normalized spacial score (nSPS) is 24.4. The third kappa shape index (κ3) is 3.52. The van der Waals surface area contributed by atoms with E-state index >= 15 is 0 Å². The fraction of sp³-hybridized carbons (Fsp3) is 0.421. The largest absolute Gasteiger partial charge is 0.381 e. The first-order valence-corrected chi connectivity index (χ1v) is 9.06. The monoisotopic (exact) mass is 370 g/mol. The van der Waals surface area contributed by atoms with E-state index in [0.29, 0.717) is 31.4 Å². The third-order valence-corrected chi connectivity index (χ3v) is 5.39. The molecule has 3 heterocycles. The average molecular weight is 370 g/mol. The van der Waals surface area contributed by atoms with Gasteiger partial charge in [-0.25, -0.2) is 4.79 Å². The summed E-state index contributed by atoms with van der Waals surface area (Å²) in [6.45, 7) is 2.13. The van der Waals surface area contributed by atoms with Gasteiger partial charge in [0.25, 0.3) is 5.91 Å². The van der Waals surface area contributed by atoms with Crippen LogP contribution in [0.2, 0.25) is 0 Å². The molecule has 0 radical (unpaired) electrons. The Morgan fingerprint density at radius 2 is 2.11 bits per heavy atom. The van der Waals surface area contributed by atoms with Gasteiger partial charge < -0.3 is 25.2 Å². The van der Waals surface area contributed by atoms with E-state index in [4.69, 9.17) is 15.0 Å². The average Bonchev–Trinajstić information content (AvgIpc) is 3.32. The molecule has 1 aromatic heterocycles. The summed E-state index contributed by atoms with van der Waals surface area (Å²) >= 11 is 0. The van der Waals surface area contributed by atoms with Crippen molar-refractivity contribution in [1.82, 2.24) is 15.4 Å². The van der Waals surface area contributed by atoms with Gasteiger partial charge >= 0.3 is 6.03 Å². The molecule has 0 saturated carbocycles. The standard InChI is InChI=1S/C19H22N4O4/c20-18(24)16-8-13(27-22-16)9-21-19(25)23-10-14(12-4-2-1-3-5-12)15-11-26-7-6-17(15)23/h1-5,8,14-15,17H,6-7,9-11H2,(H2,20,24)(H,21,25). The van der Waals surface area contributed by atoms with Crippen molar-refractivity contribution in [3.8, 4) is 0 Å². The van der Waals surface area contributed by atoms with Crippen LogP contribution in [0.4, 0.5) is 4.79 Å². The van der Waals surface area contributed by atoms with Crippen molar-refractivity contribution in [3.63, 3.8) is 0 Å². The minimum atomic E-state index is -0.661. The SMILES string of the molecule is NC(=O)c1cc(CNC(=O)N2CC(c3ccccc3)C3COCCC32)on1. The van der Waals surface area contributed by atoms with Crippen LogP contribution in [0.25, 0.3) is 0 Å². The molecule has 1 aromatic carbocycles. The Labute approximate surface area is 156 Å². The van der Waals surface area contributed by atoms with Gasteiger partial charge in [-0.05, 0) is 12.0 Å². The summed E-state index contributed by atoms with van der Waals surface area (Å²) in [6.07, 6.45) is 0.829. The minimum absolute atomic E-state index is 0.0501. The van der Waals surface area contributed by atoms with Crippen LogP contribution in [0.5, 0.6) is 0 Å². The number of likely N-dealkylation sites (tertiary alicyclic amines) is 1. The zero-order valence-electron chi connectivity index (χ0n) is 14.8. The number of rotatable bonds is 4. The maximum Gasteiger partial charge on any atom is 0.318 e. The number of carbonyl (C=O) groups is 2. The summed E-state index contributed by atoms with van der Waals surface area (Å²) in [5.74, 6) is 0.277. The number of aromatic nitrogens is 1. The minimum Gasteiger partial charge on any atom is -0.381 e. The van der Waals surface area contributed by atoms with Gasteiger partial charge in [0.15, 0.2) is 11.5 Å². The topological polar surface area (TPSA) is 111 Å². The molecular weight excluding hydrogens is 348 g/mol. The van der Waals surface area contributed by atoms with E-state index < -0.39 is 5.91 Å². The molecule has 0 spiro atoms. The highest BCUT2D eigenvalue weighted by Crippen LogP contribution is 2.40. The lowest BCUT2D eigenvalue weighted by Gasteiger charge is -2.32. The summed E-state index contributed by atoms with van der Waals surface area (Å²) in [6, 6.07) is 11.7.